The van der Waals surface area contributed by atoms with Crippen molar-refractivity contribution in [3.05, 3.63) is 113 Å². The van der Waals surface area contributed by atoms with Crippen LogP contribution in [0.1, 0.15) is 35.7 Å². The van der Waals surface area contributed by atoms with Gasteiger partial charge in [-0.25, -0.2) is 0 Å². The second kappa shape index (κ2) is 8.16. The van der Waals surface area contributed by atoms with Gasteiger partial charge in [-0.15, -0.1) is 0 Å². The number of carbonyl (C=O) groups is 1. The van der Waals surface area contributed by atoms with E-state index in [1.807, 2.05) is 104 Å². The smallest absolute Gasteiger partial charge is 0.170 e. The number of rotatable bonds is 4. The Balaban J connectivity index is 1.86. The summed E-state index contributed by atoms with van der Waals surface area (Å²) in [5, 5.41) is 14.0. The van der Waals surface area contributed by atoms with E-state index < -0.39 is 5.41 Å². The molecule has 3 atom stereocenters. The highest BCUT2D eigenvalue weighted by Crippen LogP contribution is 2.45. The van der Waals surface area contributed by atoms with Crippen molar-refractivity contribution in [3.63, 3.8) is 0 Å². The van der Waals surface area contributed by atoms with E-state index in [0.717, 1.165) is 16.7 Å². The van der Waals surface area contributed by atoms with E-state index in [1.165, 1.54) is 0 Å². The van der Waals surface area contributed by atoms with E-state index >= 15 is 0 Å². The van der Waals surface area contributed by atoms with Gasteiger partial charge in [-0.1, -0.05) is 91.0 Å². The highest BCUT2D eigenvalue weighted by Gasteiger charge is 2.49. The molecular formula is C26H25NO2. The number of piperidine rings is 1. The summed E-state index contributed by atoms with van der Waals surface area (Å²) < 4.78 is 0. The van der Waals surface area contributed by atoms with Gasteiger partial charge in [-0.2, -0.15) is 0 Å². The van der Waals surface area contributed by atoms with Crippen molar-refractivity contribution in [1.82, 2.24) is 5.32 Å². The molecule has 3 aromatic carbocycles. The van der Waals surface area contributed by atoms with Crippen LogP contribution in [0.5, 0.6) is 0 Å². The third-order valence-electron chi connectivity index (χ3n) is 5.78. The van der Waals surface area contributed by atoms with Crippen molar-refractivity contribution < 1.29 is 9.90 Å². The van der Waals surface area contributed by atoms with E-state index in [1.54, 1.807) is 0 Å². The minimum absolute atomic E-state index is 0.0229. The van der Waals surface area contributed by atoms with Gasteiger partial charge < -0.3 is 5.11 Å². The fourth-order valence-electron chi connectivity index (χ4n) is 4.10. The third kappa shape index (κ3) is 3.67. The number of hydrogen-bond acceptors (Lipinski definition) is 3. The highest BCUT2D eigenvalue weighted by molar-refractivity contribution is 6.06. The van der Waals surface area contributed by atoms with Crippen LogP contribution in [0.4, 0.5) is 0 Å². The third-order valence-corrected chi connectivity index (χ3v) is 5.78. The van der Waals surface area contributed by atoms with Crippen LogP contribution in [-0.2, 0) is 4.79 Å². The van der Waals surface area contributed by atoms with Gasteiger partial charge in [-0.05, 0) is 29.7 Å². The Labute approximate surface area is 171 Å². The first-order valence-electron chi connectivity index (χ1n) is 9.92. The lowest BCUT2D eigenvalue weighted by atomic mass is 9.68. The van der Waals surface area contributed by atoms with Crippen LogP contribution in [0.15, 0.2) is 96.6 Å². The first-order valence-corrected chi connectivity index (χ1v) is 9.92. The van der Waals surface area contributed by atoms with E-state index in [2.05, 4.69) is 5.32 Å². The van der Waals surface area contributed by atoms with Gasteiger partial charge in [0.2, 0.25) is 0 Å². The number of hydrogen-bond donors (Lipinski definition) is 2. The first-order chi connectivity index (χ1) is 14.1. The molecule has 0 saturated carbocycles. The molecule has 3 aromatic rings. The van der Waals surface area contributed by atoms with E-state index in [-0.39, 0.29) is 24.5 Å². The summed E-state index contributed by atoms with van der Waals surface area (Å²) in [5.41, 5.74) is 2.72. The topological polar surface area (TPSA) is 49.3 Å². The number of Topliss-reactive ketones (excluding diaryl/α,β-unsaturated/α-hetero) is 1. The van der Waals surface area contributed by atoms with Gasteiger partial charge in [-0.3, -0.25) is 10.1 Å². The van der Waals surface area contributed by atoms with Gasteiger partial charge in [0.1, 0.15) is 0 Å². The second-order valence-corrected chi connectivity index (χ2v) is 7.77. The van der Waals surface area contributed by atoms with Gasteiger partial charge in [0.15, 0.2) is 5.78 Å². The Morgan fingerprint density at radius 2 is 1.38 bits per heavy atom. The van der Waals surface area contributed by atoms with Crippen molar-refractivity contribution in [2.24, 2.45) is 5.41 Å². The maximum Gasteiger partial charge on any atom is 0.170 e. The van der Waals surface area contributed by atoms with Crippen molar-refractivity contribution in [1.29, 1.82) is 0 Å². The summed E-state index contributed by atoms with van der Waals surface area (Å²) in [6.45, 7) is 1.62. The Kier molecular flexibility index (Phi) is 5.43. The molecule has 0 amide bonds. The molecule has 0 aliphatic carbocycles. The van der Waals surface area contributed by atoms with Crippen LogP contribution in [0.3, 0.4) is 0 Å². The molecule has 1 aliphatic heterocycles. The van der Waals surface area contributed by atoms with Crippen molar-refractivity contribution in [2.75, 3.05) is 6.61 Å². The lowest BCUT2D eigenvalue weighted by Crippen LogP contribution is -2.52. The maximum atomic E-state index is 13.8. The zero-order valence-corrected chi connectivity index (χ0v) is 16.5. The molecule has 4 rings (SSSR count). The predicted octanol–water partition coefficient (Wildman–Crippen LogP) is 4.72. The summed E-state index contributed by atoms with van der Waals surface area (Å²) in [6.07, 6.45) is 1.95. The second-order valence-electron chi connectivity index (χ2n) is 7.77. The molecule has 0 spiro atoms. The molecule has 1 fully saturated rings. The van der Waals surface area contributed by atoms with E-state index in [0.29, 0.717) is 5.57 Å². The lowest BCUT2D eigenvalue weighted by molar-refractivity contribution is -0.130. The molecular weight excluding hydrogens is 358 g/mol. The summed E-state index contributed by atoms with van der Waals surface area (Å²) in [6, 6.07) is 29.2. The molecule has 0 radical (unpaired) electrons. The van der Waals surface area contributed by atoms with Crippen LogP contribution in [0.25, 0.3) is 6.08 Å². The quantitative estimate of drug-likeness (QED) is 0.641. The number of aliphatic hydroxyl groups is 1. The molecule has 3 nitrogen and oxygen atoms in total. The summed E-state index contributed by atoms with van der Waals surface area (Å²) >= 11 is 0. The Hall–Kier alpha value is -3.01. The van der Waals surface area contributed by atoms with Crippen LogP contribution in [0.2, 0.25) is 0 Å². The number of carbonyl (C=O) groups excluding carboxylic acids is 1. The predicted molar refractivity (Wildman–Crippen MR) is 116 cm³/mol. The standard InChI is InChI=1S/C26H25NO2/c1-26(18-28)24(21-15-9-4-10-16-21)27-23(20-13-7-3-8-14-20)22(25(26)29)17-19-11-5-2-6-12-19/h2-17,23-24,27-28H,18H2,1H3/b22-17+. The number of benzene rings is 3. The maximum absolute atomic E-state index is 13.8. The zero-order chi connectivity index (χ0) is 20.3. The van der Waals surface area contributed by atoms with Crippen molar-refractivity contribution in [2.45, 2.75) is 19.0 Å². The van der Waals surface area contributed by atoms with E-state index in [4.69, 9.17) is 0 Å². The molecule has 2 N–H and O–H groups in total. The molecule has 0 aromatic heterocycles. The Bertz CT molecular complexity index is 999. The minimum atomic E-state index is -0.951. The van der Waals surface area contributed by atoms with Gasteiger partial charge in [0.25, 0.3) is 0 Å². The fraction of sp³-hybridized carbons (Fsp3) is 0.192. The van der Waals surface area contributed by atoms with Crippen LogP contribution < -0.4 is 5.32 Å². The molecule has 146 valence electrons. The van der Waals surface area contributed by atoms with Gasteiger partial charge in [0, 0.05) is 11.6 Å². The summed E-state index contributed by atoms with van der Waals surface area (Å²) in [4.78, 5) is 13.8. The Morgan fingerprint density at radius 1 is 0.862 bits per heavy atom. The summed E-state index contributed by atoms with van der Waals surface area (Å²) in [7, 11) is 0. The minimum Gasteiger partial charge on any atom is -0.395 e. The first kappa shape index (κ1) is 19.3. The van der Waals surface area contributed by atoms with Crippen molar-refractivity contribution in [3.8, 4) is 0 Å². The SMILES string of the molecule is CC1(CO)C(=O)/C(=C/c2ccccc2)C(c2ccccc2)NC1c1ccccc1. The molecule has 1 aliphatic rings. The number of nitrogens with one attached hydrogen (secondary N) is 1. The average molecular weight is 383 g/mol. The normalized spacial score (nSPS) is 25.9. The fourth-order valence-corrected chi connectivity index (χ4v) is 4.10. The summed E-state index contributed by atoms with van der Waals surface area (Å²) in [5.74, 6) is -0.0229. The van der Waals surface area contributed by atoms with Crippen molar-refractivity contribution >= 4 is 11.9 Å². The van der Waals surface area contributed by atoms with E-state index in [9.17, 15) is 9.90 Å². The monoisotopic (exact) mass is 383 g/mol. The largest absolute Gasteiger partial charge is 0.395 e. The molecule has 1 heterocycles. The number of aliphatic hydroxyl groups excluding tert-OH is 1. The molecule has 29 heavy (non-hydrogen) atoms. The molecule has 1 saturated heterocycles. The number of ketones is 1. The lowest BCUT2D eigenvalue weighted by Gasteiger charge is -2.45. The van der Waals surface area contributed by atoms with Crippen LogP contribution in [-0.4, -0.2) is 17.5 Å². The zero-order valence-electron chi connectivity index (χ0n) is 16.5. The van der Waals surface area contributed by atoms with Gasteiger partial charge in [0.05, 0.1) is 18.1 Å². The highest BCUT2D eigenvalue weighted by atomic mass is 16.3. The van der Waals surface area contributed by atoms with Crippen LogP contribution >= 0.6 is 0 Å². The van der Waals surface area contributed by atoms with Crippen LogP contribution in [0, 0.1) is 5.41 Å². The van der Waals surface area contributed by atoms with Gasteiger partial charge >= 0.3 is 0 Å². The molecule has 3 unspecified atom stereocenters. The molecule has 3 heteroatoms. The molecule has 0 bridgehead atoms. The average Bonchev–Trinajstić information content (AvgIpc) is 2.79. The Morgan fingerprint density at radius 3 is 1.93 bits per heavy atom.